The average Bonchev–Trinajstić information content (AvgIpc) is 3.36. The van der Waals surface area contributed by atoms with Crippen molar-refractivity contribution in [1.29, 1.82) is 0 Å². The maximum atomic E-state index is 12.9. The Labute approximate surface area is 189 Å². The smallest absolute Gasteiger partial charge is 0.261 e. The molecule has 2 aromatic carbocycles. The van der Waals surface area contributed by atoms with Crippen molar-refractivity contribution < 1.29 is 9.22 Å². The first-order valence-corrected chi connectivity index (χ1v) is 14.0. The molecule has 2 saturated carbocycles. The van der Waals surface area contributed by atoms with Gasteiger partial charge in [-0.2, -0.15) is 0 Å². The first kappa shape index (κ1) is 22.5. The second kappa shape index (κ2) is 8.67. The summed E-state index contributed by atoms with van der Waals surface area (Å²) in [4.78, 5) is 12.9. The second-order valence-corrected chi connectivity index (χ2v) is 15.2. The minimum atomic E-state index is -2.52. The van der Waals surface area contributed by atoms with Crippen molar-refractivity contribution in [1.82, 2.24) is 0 Å². The van der Waals surface area contributed by atoms with Gasteiger partial charge in [-0.15, -0.1) is 0 Å². The summed E-state index contributed by atoms with van der Waals surface area (Å²) in [5, 5.41) is 2.66. The standard InChI is InChI=1S/C28H38O2Si/c1-22(25-17-11-19-28(25)20-12-18-26(28)29)21-30-31(27(2,3)4,23-13-7-5-8-14-23)24-15-9-6-10-16-24/h5-10,13-16,22,25H,11-12,17-21H2,1-4H3/t22-,25?,28-/m0/s1. The zero-order valence-corrected chi connectivity index (χ0v) is 20.7. The van der Waals surface area contributed by atoms with E-state index in [1.165, 1.54) is 23.2 Å². The van der Waals surface area contributed by atoms with Crippen LogP contribution in [0.3, 0.4) is 0 Å². The highest BCUT2D eigenvalue weighted by Gasteiger charge is 2.54. The molecule has 0 heterocycles. The molecule has 2 aliphatic carbocycles. The third-order valence-electron chi connectivity index (χ3n) is 8.10. The Kier molecular flexibility index (Phi) is 6.29. The molecule has 3 heteroatoms. The highest BCUT2D eigenvalue weighted by Crippen LogP contribution is 2.55. The fourth-order valence-electron chi connectivity index (χ4n) is 6.67. The SMILES string of the molecule is C[C@@H](CO[Si](c1ccccc1)(c1ccccc1)C(C)(C)C)C1CCC[C@]12CCCC2=O. The summed E-state index contributed by atoms with van der Waals surface area (Å²) in [5.41, 5.74) is -0.0474. The molecular weight excluding hydrogens is 396 g/mol. The van der Waals surface area contributed by atoms with E-state index in [1.807, 2.05) is 0 Å². The molecule has 0 amide bonds. The zero-order chi connectivity index (χ0) is 22.1. The molecule has 0 bridgehead atoms. The summed E-state index contributed by atoms with van der Waals surface area (Å²) in [7, 11) is -2.52. The molecule has 1 spiro atoms. The van der Waals surface area contributed by atoms with E-state index < -0.39 is 8.32 Å². The fourth-order valence-corrected chi connectivity index (χ4v) is 11.3. The number of carbonyl (C=O) groups is 1. The number of hydrogen-bond acceptors (Lipinski definition) is 2. The molecule has 166 valence electrons. The normalized spacial score (nSPS) is 25.3. The van der Waals surface area contributed by atoms with Gasteiger partial charge in [-0.25, -0.2) is 0 Å². The minimum Gasteiger partial charge on any atom is -0.407 e. The average molecular weight is 435 g/mol. The highest BCUT2D eigenvalue weighted by molar-refractivity contribution is 6.99. The number of carbonyl (C=O) groups excluding carboxylic acids is 1. The third kappa shape index (κ3) is 3.85. The second-order valence-electron chi connectivity index (χ2n) is 10.9. The Morgan fingerprint density at radius 3 is 2.00 bits per heavy atom. The lowest BCUT2D eigenvalue weighted by Gasteiger charge is -2.44. The van der Waals surface area contributed by atoms with Crippen LogP contribution in [0.15, 0.2) is 60.7 Å². The van der Waals surface area contributed by atoms with Gasteiger partial charge in [0.2, 0.25) is 0 Å². The monoisotopic (exact) mass is 434 g/mol. The van der Waals surface area contributed by atoms with E-state index in [2.05, 4.69) is 88.4 Å². The number of hydrogen-bond donors (Lipinski definition) is 0. The number of benzene rings is 2. The number of ketones is 1. The largest absolute Gasteiger partial charge is 0.407 e. The lowest BCUT2D eigenvalue weighted by atomic mass is 9.70. The van der Waals surface area contributed by atoms with Crippen molar-refractivity contribution in [3.8, 4) is 0 Å². The predicted molar refractivity (Wildman–Crippen MR) is 131 cm³/mol. The van der Waals surface area contributed by atoms with E-state index in [-0.39, 0.29) is 10.5 Å². The van der Waals surface area contributed by atoms with Crippen molar-refractivity contribution in [2.24, 2.45) is 17.3 Å². The molecule has 2 fully saturated rings. The molecule has 1 unspecified atom stereocenters. The van der Waals surface area contributed by atoms with E-state index in [0.717, 1.165) is 32.3 Å². The van der Waals surface area contributed by atoms with Crippen LogP contribution in [0.2, 0.25) is 5.04 Å². The van der Waals surface area contributed by atoms with Crippen LogP contribution in [0.4, 0.5) is 0 Å². The molecule has 2 aliphatic rings. The Balaban J connectivity index is 1.68. The molecule has 2 aromatic rings. The molecular formula is C28H38O2Si. The van der Waals surface area contributed by atoms with Gasteiger partial charge in [-0.1, -0.05) is 94.8 Å². The van der Waals surface area contributed by atoms with Crippen LogP contribution >= 0.6 is 0 Å². The van der Waals surface area contributed by atoms with Crippen LogP contribution in [0.1, 0.15) is 66.2 Å². The number of Topliss-reactive ketones (excluding diaryl/α,β-unsaturated/α-hetero) is 1. The van der Waals surface area contributed by atoms with Crippen LogP contribution < -0.4 is 10.4 Å². The summed E-state index contributed by atoms with van der Waals surface area (Å²) in [6.45, 7) is 10.1. The van der Waals surface area contributed by atoms with Gasteiger partial charge in [0, 0.05) is 18.4 Å². The third-order valence-corrected chi connectivity index (χ3v) is 13.1. The van der Waals surface area contributed by atoms with Crippen molar-refractivity contribution in [3.63, 3.8) is 0 Å². The van der Waals surface area contributed by atoms with E-state index in [0.29, 0.717) is 17.6 Å². The van der Waals surface area contributed by atoms with Gasteiger partial charge in [-0.3, -0.25) is 4.79 Å². The van der Waals surface area contributed by atoms with E-state index in [9.17, 15) is 4.79 Å². The van der Waals surface area contributed by atoms with Crippen molar-refractivity contribution in [3.05, 3.63) is 60.7 Å². The minimum absolute atomic E-state index is 0.00797. The summed E-state index contributed by atoms with van der Waals surface area (Å²) in [5.74, 6) is 1.40. The summed E-state index contributed by atoms with van der Waals surface area (Å²) < 4.78 is 7.21. The van der Waals surface area contributed by atoms with Gasteiger partial charge >= 0.3 is 0 Å². The maximum Gasteiger partial charge on any atom is 0.261 e. The molecule has 2 nitrogen and oxygen atoms in total. The molecule has 4 rings (SSSR count). The highest BCUT2D eigenvalue weighted by atomic mass is 28.4. The van der Waals surface area contributed by atoms with Gasteiger partial charge in [0.1, 0.15) is 5.78 Å². The van der Waals surface area contributed by atoms with Crippen molar-refractivity contribution in [2.75, 3.05) is 6.61 Å². The maximum absolute atomic E-state index is 12.9. The van der Waals surface area contributed by atoms with Gasteiger partial charge < -0.3 is 4.43 Å². The van der Waals surface area contributed by atoms with Crippen LogP contribution in [-0.2, 0) is 9.22 Å². The molecule has 0 N–H and O–H groups in total. The first-order valence-electron chi connectivity index (χ1n) is 12.1. The van der Waals surface area contributed by atoms with Gasteiger partial charge in [0.05, 0.1) is 0 Å². The Morgan fingerprint density at radius 1 is 0.968 bits per heavy atom. The molecule has 0 saturated heterocycles. The van der Waals surface area contributed by atoms with Gasteiger partial charge in [-0.05, 0) is 52.9 Å². The summed E-state index contributed by atoms with van der Waals surface area (Å²) in [6, 6.07) is 21.8. The van der Waals surface area contributed by atoms with Gasteiger partial charge in [0.15, 0.2) is 0 Å². The van der Waals surface area contributed by atoms with Gasteiger partial charge in [0.25, 0.3) is 8.32 Å². The molecule has 0 aromatic heterocycles. The molecule has 0 aliphatic heterocycles. The van der Waals surface area contributed by atoms with Crippen LogP contribution in [-0.4, -0.2) is 20.7 Å². The van der Waals surface area contributed by atoms with Crippen molar-refractivity contribution >= 4 is 24.5 Å². The summed E-state index contributed by atoms with van der Waals surface area (Å²) in [6.07, 6.45) is 6.44. The lowest BCUT2D eigenvalue weighted by Crippen LogP contribution is -2.67. The van der Waals surface area contributed by atoms with E-state index in [1.54, 1.807) is 0 Å². The predicted octanol–water partition coefficient (Wildman–Crippen LogP) is 5.74. The summed E-state index contributed by atoms with van der Waals surface area (Å²) >= 11 is 0. The molecule has 31 heavy (non-hydrogen) atoms. The van der Waals surface area contributed by atoms with E-state index in [4.69, 9.17) is 4.43 Å². The van der Waals surface area contributed by atoms with Crippen LogP contribution in [0, 0.1) is 17.3 Å². The quantitative estimate of drug-likeness (QED) is 0.542. The Morgan fingerprint density at radius 2 is 1.52 bits per heavy atom. The molecule has 3 atom stereocenters. The van der Waals surface area contributed by atoms with E-state index >= 15 is 0 Å². The zero-order valence-electron chi connectivity index (χ0n) is 19.7. The fraction of sp³-hybridized carbons (Fsp3) is 0.536. The van der Waals surface area contributed by atoms with Crippen molar-refractivity contribution in [2.45, 2.75) is 71.3 Å². The Hall–Kier alpha value is -1.71. The first-order chi connectivity index (χ1) is 14.8. The Bertz CT molecular complexity index is 843. The topological polar surface area (TPSA) is 26.3 Å². The van der Waals surface area contributed by atoms with Crippen LogP contribution in [0.25, 0.3) is 0 Å². The molecule has 0 radical (unpaired) electrons. The number of rotatable bonds is 6. The lowest BCUT2D eigenvalue weighted by molar-refractivity contribution is -0.128. The van der Waals surface area contributed by atoms with Crippen LogP contribution in [0.5, 0.6) is 0 Å².